The largest absolute Gasteiger partial charge is 0.356 e. The van der Waals surface area contributed by atoms with E-state index in [2.05, 4.69) is 22.2 Å². The van der Waals surface area contributed by atoms with Gasteiger partial charge in [-0.05, 0) is 25.0 Å². The molecule has 0 aliphatic heterocycles. The summed E-state index contributed by atoms with van der Waals surface area (Å²) in [7, 11) is 3.37. The first-order valence-corrected chi connectivity index (χ1v) is 7.50. The second-order valence-electron chi connectivity index (χ2n) is 5.53. The first kappa shape index (κ1) is 18.7. The summed E-state index contributed by atoms with van der Waals surface area (Å²) in [5.41, 5.74) is 1.59. The van der Waals surface area contributed by atoms with Crippen LogP contribution in [0.5, 0.6) is 0 Å². The van der Waals surface area contributed by atoms with Gasteiger partial charge in [0.05, 0.1) is 0 Å². The van der Waals surface area contributed by atoms with E-state index in [0.29, 0.717) is 31.0 Å². The molecule has 0 fully saturated rings. The molecule has 0 saturated carbocycles. The molecule has 0 atom stereocenters. The molecule has 6 heteroatoms. The molecule has 0 aliphatic carbocycles. The maximum Gasteiger partial charge on any atom is 0.243 e. The molecule has 1 amide bonds. The molecule has 23 heavy (non-hydrogen) atoms. The van der Waals surface area contributed by atoms with E-state index >= 15 is 0 Å². The van der Waals surface area contributed by atoms with Crippen molar-refractivity contribution in [2.75, 3.05) is 33.7 Å². The monoisotopic (exact) mass is 320 g/mol. The molecule has 0 radical (unpaired) electrons. The number of carbonyl (C=O) groups is 1. The highest BCUT2D eigenvalue weighted by molar-refractivity contribution is 5.84. The molecule has 126 valence electrons. The fraction of sp³-hybridized carbons (Fsp3) is 0.412. The van der Waals surface area contributed by atoms with E-state index in [0.717, 1.165) is 5.57 Å². The molecule has 0 bridgehead atoms. The molecule has 0 aliphatic rings. The van der Waals surface area contributed by atoms with Crippen LogP contribution in [0.3, 0.4) is 0 Å². The molecule has 1 aromatic rings. The molecular formula is C17H25FN4O. The third-order valence-corrected chi connectivity index (χ3v) is 3.07. The van der Waals surface area contributed by atoms with Crippen LogP contribution in [0, 0.1) is 5.82 Å². The molecule has 0 aromatic heterocycles. The third-order valence-electron chi connectivity index (χ3n) is 3.07. The zero-order chi connectivity index (χ0) is 17.2. The number of benzene rings is 1. The van der Waals surface area contributed by atoms with Gasteiger partial charge in [-0.15, -0.1) is 0 Å². The van der Waals surface area contributed by atoms with Crippen molar-refractivity contribution in [3.05, 3.63) is 47.8 Å². The normalized spacial score (nSPS) is 11.0. The van der Waals surface area contributed by atoms with Crippen LogP contribution in [-0.2, 0) is 11.2 Å². The average Bonchev–Trinajstić information content (AvgIpc) is 2.50. The Morgan fingerprint density at radius 1 is 1.30 bits per heavy atom. The summed E-state index contributed by atoms with van der Waals surface area (Å²) in [5.74, 6) is 0.209. The zero-order valence-electron chi connectivity index (χ0n) is 14.0. The van der Waals surface area contributed by atoms with Crippen LogP contribution in [0.25, 0.3) is 0 Å². The number of guanidine groups is 1. The number of nitrogens with zero attached hydrogens (tertiary/aromatic N) is 2. The van der Waals surface area contributed by atoms with Crippen molar-refractivity contribution < 1.29 is 9.18 Å². The molecule has 5 nitrogen and oxygen atoms in total. The lowest BCUT2D eigenvalue weighted by molar-refractivity contribution is -0.127. The van der Waals surface area contributed by atoms with Crippen LogP contribution in [0.15, 0.2) is 41.4 Å². The Hall–Kier alpha value is -2.37. The minimum absolute atomic E-state index is 0.0538. The predicted octanol–water partition coefficient (Wildman–Crippen LogP) is 1.57. The SMILES string of the molecule is C=C(C)CNC(=NCC(=O)N(C)C)NCCc1ccccc1F. The Morgan fingerprint density at radius 2 is 2.00 bits per heavy atom. The number of nitrogens with one attached hydrogen (secondary N) is 2. The lowest BCUT2D eigenvalue weighted by Crippen LogP contribution is -2.40. The maximum absolute atomic E-state index is 13.6. The maximum atomic E-state index is 13.6. The van der Waals surface area contributed by atoms with Gasteiger partial charge in [-0.3, -0.25) is 4.79 Å². The van der Waals surface area contributed by atoms with Crippen molar-refractivity contribution in [1.29, 1.82) is 0 Å². The Balaban J connectivity index is 2.58. The number of aliphatic imine (C=N–C) groups is 1. The highest BCUT2D eigenvalue weighted by Gasteiger charge is 2.05. The average molecular weight is 320 g/mol. The molecular weight excluding hydrogens is 295 g/mol. The van der Waals surface area contributed by atoms with Gasteiger partial charge in [0.2, 0.25) is 5.91 Å². The van der Waals surface area contributed by atoms with E-state index < -0.39 is 0 Å². The van der Waals surface area contributed by atoms with Gasteiger partial charge >= 0.3 is 0 Å². The topological polar surface area (TPSA) is 56.7 Å². The van der Waals surface area contributed by atoms with Crippen molar-refractivity contribution in [2.45, 2.75) is 13.3 Å². The van der Waals surface area contributed by atoms with E-state index in [9.17, 15) is 9.18 Å². The quantitative estimate of drug-likeness (QED) is 0.455. The van der Waals surface area contributed by atoms with E-state index in [1.54, 1.807) is 26.2 Å². The van der Waals surface area contributed by atoms with Gasteiger partial charge in [-0.2, -0.15) is 0 Å². The number of hydrogen-bond donors (Lipinski definition) is 2. The summed E-state index contributed by atoms with van der Waals surface area (Å²) in [4.78, 5) is 17.3. The van der Waals surface area contributed by atoms with Crippen molar-refractivity contribution in [2.24, 2.45) is 4.99 Å². The highest BCUT2D eigenvalue weighted by Crippen LogP contribution is 2.06. The molecule has 1 aromatic carbocycles. The number of likely N-dealkylation sites (N-methyl/N-ethyl adjacent to an activating group) is 1. The van der Waals surface area contributed by atoms with Crippen LogP contribution in [0.4, 0.5) is 4.39 Å². The fourth-order valence-corrected chi connectivity index (χ4v) is 1.71. The predicted molar refractivity (Wildman–Crippen MR) is 91.9 cm³/mol. The van der Waals surface area contributed by atoms with Gasteiger partial charge in [0, 0.05) is 27.2 Å². The Bertz CT molecular complexity index is 569. The number of rotatable bonds is 7. The van der Waals surface area contributed by atoms with Gasteiger partial charge in [-0.25, -0.2) is 9.38 Å². The van der Waals surface area contributed by atoms with E-state index in [4.69, 9.17) is 0 Å². The van der Waals surface area contributed by atoms with Crippen molar-refractivity contribution in [3.8, 4) is 0 Å². The minimum Gasteiger partial charge on any atom is -0.356 e. The van der Waals surface area contributed by atoms with E-state index in [-0.39, 0.29) is 18.3 Å². The van der Waals surface area contributed by atoms with Gasteiger partial charge in [0.25, 0.3) is 0 Å². The summed E-state index contributed by atoms with van der Waals surface area (Å²) in [5, 5.41) is 6.19. The number of halogens is 1. The van der Waals surface area contributed by atoms with Gasteiger partial charge in [0.15, 0.2) is 5.96 Å². The first-order chi connectivity index (χ1) is 10.9. The van der Waals surface area contributed by atoms with Crippen molar-refractivity contribution in [1.82, 2.24) is 15.5 Å². The summed E-state index contributed by atoms with van der Waals surface area (Å²) < 4.78 is 13.6. The smallest absolute Gasteiger partial charge is 0.243 e. The molecule has 2 N–H and O–H groups in total. The second kappa shape index (κ2) is 9.61. The highest BCUT2D eigenvalue weighted by atomic mass is 19.1. The van der Waals surface area contributed by atoms with Crippen LogP contribution < -0.4 is 10.6 Å². The van der Waals surface area contributed by atoms with Gasteiger partial charge in [0.1, 0.15) is 12.4 Å². The van der Waals surface area contributed by atoms with Crippen molar-refractivity contribution in [3.63, 3.8) is 0 Å². The molecule has 0 unspecified atom stereocenters. The summed E-state index contributed by atoms with van der Waals surface area (Å²) in [6.45, 7) is 6.84. The van der Waals surface area contributed by atoms with Gasteiger partial charge < -0.3 is 15.5 Å². The lowest BCUT2D eigenvalue weighted by Gasteiger charge is -2.14. The van der Waals surface area contributed by atoms with E-state index in [1.807, 2.05) is 13.0 Å². The lowest BCUT2D eigenvalue weighted by atomic mass is 10.1. The Kier molecular flexibility index (Phi) is 7.80. The number of amides is 1. The first-order valence-electron chi connectivity index (χ1n) is 7.50. The molecule has 0 saturated heterocycles. The zero-order valence-corrected chi connectivity index (χ0v) is 14.0. The minimum atomic E-state index is -0.217. The van der Waals surface area contributed by atoms with Crippen LogP contribution in [-0.4, -0.2) is 50.5 Å². The standard InChI is InChI=1S/C17H25FN4O/c1-13(2)11-20-17(21-12-16(23)22(3)4)19-10-9-14-7-5-6-8-15(14)18/h5-8H,1,9-12H2,2-4H3,(H2,19,20,21). The van der Waals surface area contributed by atoms with Crippen molar-refractivity contribution >= 4 is 11.9 Å². The summed E-state index contributed by atoms with van der Waals surface area (Å²) in [6, 6.07) is 6.67. The van der Waals surface area contributed by atoms with Crippen LogP contribution in [0.2, 0.25) is 0 Å². The summed E-state index contributed by atoms with van der Waals surface area (Å²) in [6.07, 6.45) is 0.530. The molecule has 1 rings (SSSR count). The second-order valence-corrected chi connectivity index (χ2v) is 5.53. The number of carbonyl (C=O) groups excluding carboxylic acids is 1. The number of hydrogen-bond acceptors (Lipinski definition) is 2. The third kappa shape index (κ3) is 7.44. The Labute approximate surface area is 137 Å². The Morgan fingerprint density at radius 3 is 2.61 bits per heavy atom. The molecule has 0 heterocycles. The fourth-order valence-electron chi connectivity index (χ4n) is 1.71. The van der Waals surface area contributed by atoms with Crippen LogP contribution in [0.1, 0.15) is 12.5 Å². The van der Waals surface area contributed by atoms with Gasteiger partial charge in [-0.1, -0.05) is 30.4 Å². The van der Waals surface area contributed by atoms with E-state index in [1.165, 1.54) is 11.0 Å². The van der Waals surface area contributed by atoms with Crippen LogP contribution >= 0.6 is 0 Å². The molecule has 0 spiro atoms. The summed E-state index contributed by atoms with van der Waals surface area (Å²) >= 11 is 0.